The van der Waals surface area contributed by atoms with Crippen molar-refractivity contribution in [3.63, 3.8) is 0 Å². The number of aliphatic hydroxyl groups is 1. The lowest BCUT2D eigenvalue weighted by Crippen LogP contribution is -2.19. The smallest absolute Gasteiger partial charge is 0.0635 e. The number of thioether (sulfide) groups is 1. The van der Waals surface area contributed by atoms with Gasteiger partial charge < -0.3 is 5.11 Å². The second-order valence-electron chi connectivity index (χ2n) is 4.49. The number of hydrogen-bond donors (Lipinski definition) is 1. The molecule has 0 aliphatic carbocycles. The summed E-state index contributed by atoms with van der Waals surface area (Å²) in [5.74, 6) is 2.06. The third-order valence-electron chi connectivity index (χ3n) is 1.51. The third-order valence-corrected chi connectivity index (χ3v) is 2.82. The summed E-state index contributed by atoms with van der Waals surface area (Å²) in [6.07, 6.45) is 1.98. The molecule has 1 nitrogen and oxygen atoms in total. The predicted octanol–water partition coefficient (Wildman–Crippen LogP) is 2.93. The first-order valence-corrected chi connectivity index (χ1v) is 5.87. The summed E-state index contributed by atoms with van der Waals surface area (Å²) in [5.41, 5.74) is 0.256. The fourth-order valence-corrected chi connectivity index (χ4v) is 1.97. The van der Waals surface area contributed by atoms with Crippen molar-refractivity contribution in [3.8, 4) is 0 Å². The number of rotatable bonds is 5. The Morgan fingerprint density at radius 2 is 1.92 bits per heavy atom. The van der Waals surface area contributed by atoms with E-state index in [-0.39, 0.29) is 11.5 Å². The molecule has 2 heteroatoms. The van der Waals surface area contributed by atoms with Crippen LogP contribution in [0.2, 0.25) is 0 Å². The van der Waals surface area contributed by atoms with Crippen molar-refractivity contribution in [2.24, 2.45) is 5.41 Å². The summed E-state index contributed by atoms with van der Waals surface area (Å²) in [7, 11) is 0. The summed E-state index contributed by atoms with van der Waals surface area (Å²) in [5, 5.41) is 9.59. The maximum Gasteiger partial charge on any atom is 0.0635 e. The van der Waals surface area contributed by atoms with Crippen LogP contribution in [0.4, 0.5) is 0 Å². The van der Waals surface area contributed by atoms with E-state index < -0.39 is 0 Å². The van der Waals surface area contributed by atoms with Crippen molar-refractivity contribution in [3.05, 3.63) is 0 Å². The molecule has 0 saturated heterocycles. The van der Waals surface area contributed by atoms with Crippen LogP contribution in [0.1, 0.15) is 40.5 Å². The lowest BCUT2D eigenvalue weighted by Gasteiger charge is -2.21. The van der Waals surface area contributed by atoms with Crippen LogP contribution in [0.15, 0.2) is 0 Å². The van der Waals surface area contributed by atoms with Gasteiger partial charge in [-0.05, 0) is 24.0 Å². The lowest BCUT2D eigenvalue weighted by molar-refractivity contribution is 0.142. The maximum atomic E-state index is 9.59. The Bertz CT molecular complexity index is 107. The highest BCUT2D eigenvalue weighted by atomic mass is 32.2. The van der Waals surface area contributed by atoms with Crippen molar-refractivity contribution in [2.75, 3.05) is 11.5 Å². The second-order valence-corrected chi connectivity index (χ2v) is 5.64. The van der Waals surface area contributed by atoms with Crippen molar-refractivity contribution in [1.29, 1.82) is 0 Å². The molecular weight excluding hydrogens is 168 g/mol. The monoisotopic (exact) mass is 190 g/mol. The van der Waals surface area contributed by atoms with Gasteiger partial charge in [-0.1, -0.05) is 27.7 Å². The van der Waals surface area contributed by atoms with E-state index in [1.54, 1.807) is 0 Å². The first kappa shape index (κ1) is 12.3. The van der Waals surface area contributed by atoms with Gasteiger partial charge >= 0.3 is 0 Å². The van der Waals surface area contributed by atoms with Crippen molar-refractivity contribution in [2.45, 2.75) is 46.6 Å². The molecule has 0 aliphatic rings. The summed E-state index contributed by atoms with van der Waals surface area (Å²) >= 11 is 1.85. The van der Waals surface area contributed by atoms with Crippen LogP contribution in [-0.2, 0) is 0 Å². The molecular formula is C10H22OS. The standard InChI is InChI=1S/C10H22OS/c1-5-6-12-8-9(11)7-10(2,3)4/h9,11H,5-8H2,1-4H3. The van der Waals surface area contributed by atoms with Gasteiger partial charge in [-0.25, -0.2) is 0 Å². The Labute approximate surface area is 80.9 Å². The van der Waals surface area contributed by atoms with Crippen molar-refractivity contribution in [1.82, 2.24) is 0 Å². The minimum Gasteiger partial charge on any atom is -0.392 e. The van der Waals surface area contributed by atoms with E-state index in [1.165, 1.54) is 12.2 Å². The van der Waals surface area contributed by atoms with Gasteiger partial charge in [0.1, 0.15) is 0 Å². The molecule has 0 fully saturated rings. The Morgan fingerprint density at radius 3 is 2.33 bits per heavy atom. The molecule has 0 bridgehead atoms. The highest BCUT2D eigenvalue weighted by Gasteiger charge is 2.15. The molecule has 0 saturated carbocycles. The minimum atomic E-state index is -0.124. The largest absolute Gasteiger partial charge is 0.392 e. The molecule has 1 unspecified atom stereocenters. The van der Waals surface area contributed by atoms with E-state index in [2.05, 4.69) is 27.7 Å². The minimum absolute atomic E-state index is 0.124. The average Bonchev–Trinajstić information content (AvgIpc) is 1.84. The molecule has 1 N–H and O–H groups in total. The first-order chi connectivity index (χ1) is 5.45. The van der Waals surface area contributed by atoms with Gasteiger partial charge in [-0.3, -0.25) is 0 Å². The SMILES string of the molecule is CCCSCC(O)CC(C)(C)C. The topological polar surface area (TPSA) is 20.2 Å². The fourth-order valence-electron chi connectivity index (χ4n) is 1.13. The maximum absolute atomic E-state index is 9.59. The molecule has 0 aromatic heterocycles. The molecule has 0 aromatic carbocycles. The van der Waals surface area contributed by atoms with Crippen LogP contribution in [-0.4, -0.2) is 22.7 Å². The Balaban J connectivity index is 3.40. The molecule has 0 amide bonds. The van der Waals surface area contributed by atoms with Gasteiger partial charge in [0, 0.05) is 5.75 Å². The van der Waals surface area contributed by atoms with Crippen LogP contribution >= 0.6 is 11.8 Å². The Morgan fingerprint density at radius 1 is 1.33 bits per heavy atom. The van der Waals surface area contributed by atoms with Crippen LogP contribution in [0.25, 0.3) is 0 Å². The van der Waals surface area contributed by atoms with E-state index in [4.69, 9.17) is 0 Å². The van der Waals surface area contributed by atoms with E-state index in [0.717, 1.165) is 12.2 Å². The average molecular weight is 190 g/mol. The normalized spacial score (nSPS) is 14.8. The van der Waals surface area contributed by atoms with Gasteiger partial charge in [0.15, 0.2) is 0 Å². The molecule has 0 rings (SSSR count). The highest BCUT2D eigenvalue weighted by molar-refractivity contribution is 7.99. The zero-order valence-electron chi connectivity index (χ0n) is 8.76. The van der Waals surface area contributed by atoms with Crippen LogP contribution in [0.3, 0.4) is 0 Å². The van der Waals surface area contributed by atoms with Crippen LogP contribution < -0.4 is 0 Å². The molecule has 74 valence electrons. The molecule has 0 aliphatic heterocycles. The number of aliphatic hydroxyl groups excluding tert-OH is 1. The quantitative estimate of drug-likeness (QED) is 0.673. The Kier molecular flexibility index (Phi) is 6.02. The summed E-state index contributed by atoms with van der Waals surface area (Å²) in [4.78, 5) is 0. The van der Waals surface area contributed by atoms with Gasteiger partial charge in [-0.15, -0.1) is 0 Å². The summed E-state index contributed by atoms with van der Waals surface area (Å²) in [6, 6.07) is 0. The first-order valence-electron chi connectivity index (χ1n) is 4.71. The van der Waals surface area contributed by atoms with E-state index >= 15 is 0 Å². The highest BCUT2D eigenvalue weighted by Crippen LogP contribution is 2.22. The van der Waals surface area contributed by atoms with Gasteiger partial charge in [0.05, 0.1) is 6.10 Å². The lowest BCUT2D eigenvalue weighted by atomic mass is 9.90. The second kappa shape index (κ2) is 5.87. The molecule has 0 heterocycles. The van der Waals surface area contributed by atoms with Gasteiger partial charge in [0.2, 0.25) is 0 Å². The van der Waals surface area contributed by atoms with Gasteiger partial charge in [0.25, 0.3) is 0 Å². The fraction of sp³-hybridized carbons (Fsp3) is 1.00. The molecule has 0 aromatic rings. The third kappa shape index (κ3) is 8.41. The molecule has 1 atom stereocenters. The van der Waals surface area contributed by atoms with Crippen LogP contribution in [0.5, 0.6) is 0 Å². The van der Waals surface area contributed by atoms with E-state index in [1.807, 2.05) is 11.8 Å². The molecule has 0 spiro atoms. The Hall–Kier alpha value is 0.310. The predicted molar refractivity (Wildman–Crippen MR) is 57.7 cm³/mol. The zero-order valence-corrected chi connectivity index (χ0v) is 9.58. The summed E-state index contributed by atoms with van der Waals surface area (Å²) < 4.78 is 0. The van der Waals surface area contributed by atoms with Gasteiger partial charge in [-0.2, -0.15) is 11.8 Å². The molecule has 12 heavy (non-hydrogen) atoms. The zero-order chi connectivity index (χ0) is 9.61. The van der Waals surface area contributed by atoms with Crippen LogP contribution in [0, 0.1) is 5.41 Å². The number of hydrogen-bond acceptors (Lipinski definition) is 2. The van der Waals surface area contributed by atoms with Crippen molar-refractivity contribution < 1.29 is 5.11 Å². The molecule has 0 radical (unpaired) electrons. The van der Waals surface area contributed by atoms with E-state index in [0.29, 0.717) is 0 Å². The summed E-state index contributed by atoms with van der Waals surface area (Å²) in [6.45, 7) is 8.67. The van der Waals surface area contributed by atoms with E-state index in [9.17, 15) is 5.11 Å². The van der Waals surface area contributed by atoms with Crippen molar-refractivity contribution >= 4 is 11.8 Å².